The number of benzene rings is 2. The quantitative estimate of drug-likeness (QED) is 0.385. The Labute approximate surface area is 210 Å². The summed E-state index contributed by atoms with van der Waals surface area (Å²) in [5.41, 5.74) is 5.58. The number of aromatic nitrogens is 1. The number of hydrogen-bond donors (Lipinski definition) is 2. The Morgan fingerprint density at radius 2 is 1.94 bits per heavy atom. The van der Waals surface area contributed by atoms with Crippen molar-refractivity contribution in [2.45, 2.75) is 18.7 Å². The molecule has 2 unspecified atom stereocenters. The van der Waals surface area contributed by atoms with Crippen LogP contribution in [0.15, 0.2) is 71.5 Å². The van der Waals surface area contributed by atoms with E-state index in [1.807, 2.05) is 11.0 Å². The summed E-state index contributed by atoms with van der Waals surface area (Å²) in [6, 6.07) is 12.8. The highest BCUT2D eigenvalue weighted by Gasteiger charge is 2.35. The molecular formula is C28H24N2O5S. The van der Waals surface area contributed by atoms with E-state index in [-0.39, 0.29) is 23.6 Å². The standard InChI is InChI=1S/C28H24N2O5S/c1-17-3-2-4-20-21-11-13-30(24(31)10-7-18-5-8-19(9-6-18)28(32)33)27(26(21)29-25(17)20)36-14-12-22-23(15-36)35-16-34-22/h2-10,12,14-15,27,29H,11,13,16H2,1H3,(H,32,33)/b10-7+. The van der Waals surface area contributed by atoms with E-state index in [9.17, 15) is 9.59 Å². The van der Waals surface area contributed by atoms with Crippen molar-refractivity contribution in [3.05, 3.63) is 99.5 Å². The van der Waals surface area contributed by atoms with E-state index >= 15 is 0 Å². The lowest BCUT2D eigenvalue weighted by Crippen LogP contribution is -2.38. The number of rotatable bonds is 4. The van der Waals surface area contributed by atoms with Gasteiger partial charge in [0, 0.05) is 28.9 Å². The summed E-state index contributed by atoms with van der Waals surface area (Å²) in [5, 5.41) is 14.3. The number of carboxylic acids is 1. The Hall–Kier alpha value is -4.04. The van der Waals surface area contributed by atoms with Gasteiger partial charge in [-0.3, -0.25) is 4.79 Å². The molecule has 7 nitrogen and oxygen atoms in total. The number of carboxylic acid groups (broad SMARTS) is 1. The number of hydrogen-bond acceptors (Lipinski definition) is 4. The highest BCUT2D eigenvalue weighted by atomic mass is 32.2. The number of aromatic carboxylic acids is 1. The van der Waals surface area contributed by atoms with Gasteiger partial charge in [-0.15, -0.1) is 10.5 Å². The van der Waals surface area contributed by atoms with Crippen LogP contribution in [0.1, 0.15) is 38.1 Å². The van der Waals surface area contributed by atoms with Crippen molar-refractivity contribution >= 4 is 44.7 Å². The number of amides is 1. The summed E-state index contributed by atoms with van der Waals surface area (Å²) in [4.78, 5) is 30.2. The van der Waals surface area contributed by atoms with Gasteiger partial charge in [0.25, 0.3) is 0 Å². The number of fused-ring (bicyclic) bond motifs is 4. The van der Waals surface area contributed by atoms with E-state index in [0.29, 0.717) is 6.54 Å². The Balaban J connectivity index is 1.38. The molecule has 1 amide bonds. The molecule has 2 aromatic carbocycles. The molecule has 1 aromatic heterocycles. The van der Waals surface area contributed by atoms with Gasteiger partial charge in [0.05, 0.1) is 11.3 Å². The molecule has 0 saturated carbocycles. The van der Waals surface area contributed by atoms with Gasteiger partial charge in [-0.05, 0) is 59.7 Å². The third-order valence-electron chi connectivity index (χ3n) is 6.72. The number of aromatic amines is 1. The number of carbonyl (C=O) groups excluding carboxylic acids is 1. The summed E-state index contributed by atoms with van der Waals surface area (Å²) in [7, 11) is -0.437. The number of H-pyrrole nitrogens is 1. The van der Waals surface area contributed by atoms with E-state index in [1.54, 1.807) is 24.3 Å². The van der Waals surface area contributed by atoms with E-state index in [4.69, 9.17) is 14.6 Å². The first-order valence-electron chi connectivity index (χ1n) is 11.7. The summed E-state index contributed by atoms with van der Waals surface area (Å²) in [6.45, 7) is 2.89. The van der Waals surface area contributed by atoms with E-state index in [1.165, 1.54) is 28.6 Å². The minimum Gasteiger partial charge on any atom is -0.478 e. The van der Waals surface area contributed by atoms with Crippen molar-refractivity contribution in [3.8, 4) is 0 Å². The Kier molecular flexibility index (Phi) is 5.53. The van der Waals surface area contributed by atoms with Gasteiger partial charge in [-0.25, -0.2) is 4.79 Å². The van der Waals surface area contributed by atoms with Gasteiger partial charge in [0.1, 0.15) is 5.37 Å². The molecule has 0 spiro atoms. The van der Waals surface area contributed by atoms with Crippen molar-refractivity contribution in [1.82, 2.24) is 9.88 Å². The molecule has 0 aliphatic carbocycles. The Morgan fingerprint density at radius 3 is 2.75 bits per heavy atom. The number of para-hydroxylation sites is 1. The minimum atomic E-state index is -0.977. The van der Waals surface area contributed by atoms with E-state index < -0.39 is 16.5 Å². The average Bonchev–Trinajstić information content (AvgIpc) is 3.52. The second kappa shape index (κ2) is 8.87. The van der Waals surface area contributed by atoms with Crippen LogP contribution in [0.4, 0.5) is 0 Å². The fourth-order valence-corrected chi connectivity index (χ4v) is 6.94. The molecule has 182 valence electrons. The van der Waals surface area contributed by atoms with Crippen LogP contribution in [0, 0.1) is 6.92 Å². The number of carbonyl (C=O) groups is 2. The molecule has 4 heterocycles. The highest BCUT2D eigenvalue weighted by Crippen LogP contribution is 2.48. The molecule has 1 fully saturated rings. The predicted molar refractivity (Wildman–Crippen MR) is 140 cm³/mol. The summed E-state index contributed by atoms with van der Waals surface area (Å²) in [6.07, 6.45) is 6.00. The topological polar surface area (TPSA) is 91.9 Å². The maximum atomic E-state index is 13.5. The maximum absolute atomic E-state index is 13.5. The zero-order chi connectivity index (χ0) is 24.8. The summed E-state index contributed by atoms with van der Waals surface area (Å²) < 4.78 is 11.2. The summed E-state index contributed by atoms with van der Waals surface area (Å²) in [5.74, 6) is 0.377. The van der Waals surface area contributed by atoms with Gasteiger partial charge in [-0.2, -0.15) is 0 Å². The first kappa shape index (κ1) is 22.4. The molecule has 36 heavy (non-hydrogen) atoms. The van der Waals surface area contributed by atoms with Crippen LogP contribution < -0.4 is 0 Å². The second-order valence-electron chi connectivity index (χ2n) is 8.87. The molecule has 0 bridgehead atoms. The van der Waals surface area contributed by atoms with Gasteiger partial charge >= 0.3 is 5.97 Å². The smallest absolute Gasteiger partial charge is 0.335 e. The van der Waals surface area contributed by atoms with Gasteiger partial charge in [-0.1, -0.05) is 30.3 Å². The lowest BCUT2D eigenvalue weighted by Gasteiger charge is -2.37. The van der Waals surface area contributed by atoms with Crippen LogP contribution in [-0.2, 0) is 20.7 Å². The fourth-order valence-electron chi connectivity index (χ4n) is 4.90. The first-order valence-corrected chi connectivity index (χ1v) is 13.1. The van der Waals surface area contributed by atoms with E-state index in [2.05, 4.69) is 40.9 Å². The molecule has 2 atom stereocenters. The normalized spacial score (nSPS) is 20.6. The lowest BCUT2D eigenvalue weighted by molar-refractivity contribution is -0.127. The van der Waals surface area contributed by atoms with Crippen LogP contribution in [0.3, 0.4) is 0 Å². The lowest BCUT2D eigenvalue weighted by atomic mass is 10.0. The summed E-state index contributed by atoms with van der Waals surface area (Å²) >= 11 is 0. The molecule has 3 aliphatic rings. The van der Waals surface area contributed by atoms with Crippen molar-refractivity contribution in [2.75, 3.05) is 13.3 Å². The monoisotopic (exact) mass is 500 g/mol. The Morgan fingerprint density at radius 1 is 1.14 bits per heavy atom. The van der Waals surface area contributed by atoms with Crippen LogP contribution in [0.2, 0.25) is 0 Å². The van der Waals surface area contributed by atoms with Crippen LogP contribution in [0.5, 0.6) is 0 Å². The van der Waals surface area contributed by atoms with Gasteiger partial charge < -0.3 is 24.5 Å². The molecule has 8 heteroatoms. The van der Waals surface area contributed by atoms with Crippen molar-refractivity contribution < 1.29 is 24.2 Å². The number of ether oxygens (including phenoxy) is 2. The SMILES string of the molecule is Cc1cccc2c3c([nH]c12)C(S1=CC=C2OCOC2=C1)N(C(=O)/C=C/c1ccc(C(=O)O)cc1)CC3. The van der Waals surface area contributed by atoms with Gasteiger partial charge in [0.15, 0.2) is 11.5 Å². The van der Waals surface area contributed by atoms with Crippen molar-refractivity contribution in [1.29, 1.82) is 0 Å². The fraction of sp³-hybridized carbons (Fsp3) is 0.179. The molecule has 6 rings (SSSR count). The molecule has 3 aromatic rings. The zero-order valence-corrected chi connectivity index (χ0v) is 20.4. The average molecular weight is 501 g/mol. The maximum Gasteiger partial charge on any atom is 0.335 e. The van der Waals surface area contributed by atoms with Crippen LogP contribution in [-0.4, -0.2) is 45.6 Å². The van der Waals surface area contributed by atoms with Gasteiger partial charge in [0.2, 0.25) is 12.7 Å². The van der Waals surface area contributed by atoms with Crippen LogP contribution in [0.25, 0.3) is 17.0 Å². The van der Waals surface area contributed by atoms with Crippen LogP contribution >= 0.6 is 10.5 Å². The molecule has 2 N–H and O–H groups in total. The molecule has 0 radical (unpaired) electrons. The predicted octanol–water partition coefficient (Wildman–Crippen LogP) is 5.09. The molecule has 3 aliphatic heterocycles. The number of allylic oxidation sites excluding steroid dienone is 1. The van der Waals surface area contributed by atoms with Crippen molar-refractivity contribution in [3.63, 3.8) is 0 Å². The number of aryl methyl sites for hydroxylation is 1. The highest BCUT2D eigenvalue weighted by molar-refractivity contribution is 8.17. The molecule has 1 saturated heterocycles. The first-order chi connectivity index (χ1) is 17.5. The zero-order valence-electron chi connectivity index (χ0n) is 19.6. The number of nitrogens with zero attached hydrogens (tertiary/aromatic N) is 1. The number of nitrogens with one attached hydrogen (secondary N) is 1. The second-order valence-corrected chi connectivity index (χ2v) is 10.6. The van der Waals surface area contributed by atoms with E-state index in [0.717, 1.165) is 34.7 Å². The Bertz CT molecular complexity index is 1530. The molecular weight excluding hydrogens is 476 g/mol. The third-order valence-corrected chi connectivity index (χ3v) is 8.67. The largest absolute Gasteiger partial charge is 0.478 e. The minimum absolute atomic E-state index is 0.0963. The third kappa shape index (κ3) is 3.83. The van der Waals surface area contributed by atoms with Crippen molar-refractivity contribution in [2.24, 2.45) is 0 Å².